The average Bonchev–Trinajstić information content (AvgIpc) is 3.27. The summed E-state index contributed by atoms with van der Waals surface area (Å²) in [5, 5.41) is 3.94. The molecule has 0 saturated carbocycles. The molecule has 1 amide bonds. The maximum Gasteiger partial charge on any atom is 0.255 e. The summed E-state index contributed by atoms with van der Waals surface area (Å²) in [5.41, 5.74) is 4.23. The second-order valence-corrected chi connectivity index (χ2v) is 8.88. The van der Waals surface area contributed by atoms with Crippen molar-refractivity contribution < 1.29 is 17.6 Å². The van der Waals surface area contributed by atoms with Gasteiger partial charge in [-0.25, -0.2) is 13.8 Å². The van der Waals surface area contributed by atoms with Gasteiger partial charge in [-0.15, -0.1) is 0 Å². The lowest BCUT2D eigenvalue weighted by atomic mass is 10.2. The predicted octanol–water partition coefficient (Wildman–Crippen LogP) is 2.69. The van der Waals surface area contributed by atoms with Crippen LogP contribution in [0.5, 0.6) is 0 Å². The number of furan rings is 1. The van der Waals surface area contributed by atoms with Crippen molar-refractivity contribution in [3.8, 4) is 0 Å². The Morgan fingerprint density at radius 3 is 2.35 bits per heavy atom. The molecule has 0 saturated heterocycles. The molecular weight excluding hydrogens is 416 g/mol. The first-order valence-electron chi connectivity index (χ1n) is 9.53. The summed E-state index contributed by atoms with van der Waals surface area (Å²) in [6.45, 7) is -0.484. The molecule has 0 spiro atoms. The smallest absolute Gasteiger partial charge is 0.255 e. The zero-order valence-corrected chi connectivity index (χ0v) is 18.1. The van der Waals surface area contributed by atoms with Gasteiger partial charge in [0.15, 0.2) is 0 Å². The molecule has 31 heavy (non-hydrogen) atoms. The number of carbonyl (C=O) groups excluding carboxylic acids is 1. The summed E-state index contributed by atoms with van der Waals surface area (Å²) >= 11 is 0. The number of hydrogen-bond acceptors (Lipinski definition) is 6. The van der Waals surface area contributed by atoms with Crippen LogP contribution in [-0.4, -0.2) is 45.5 Å². The third-order valence-electron chi connectivity index (χ3n) is 4.43. The number of nitrogens with one attached hydrogen (secondary N) is 1. The highest BCUT2D eigenvalue weighted by atomic mass is 32.2. The van der Waals surface area contributed by atoms with Crippen LogP contribution in [0.4, 0.5) is 5.69 Å². The molecule has 1 heterocycles. The number of nitrogens with zero attached hydrogens (tertiary/aromatic N) is 3. The lowest BCUT2D eigenvalue weighted by molar-refractivity contribution is -0.121. The van der Waals surface area contributed by atoms with Crippen LogP contribution in [0.3, 0.4) is 0 Å². The summed E-state index contributed by atoms with van der Waals surface area (Å²) in [4.78, 5) is 14.5. The van der Waals surface area contributed by atoms with E-state index in [-0.39, 0.29) is 11.4 Å². The van der Waals surface area contributed by atoms with Crippen molar-refractivity contribution in [2.75, 3.05) is 25.5 Å². The van der Waals surface area contributed by atoms with Gasteiger partial charge in [-0.2, -0.15) is 9.41 Å². The minimum Gasteiger partial charge on any atom is -0.468 e. The highest BCUT2D eigenvalue weighted by Gasteiger charge is 2.27. The summed E-state index contributed by atoms with van der Waals surface area (Å²) in [5.74, 6) is -0.135. The highest BCUT2D eigenvalue weighted by molar-refractivity contribution is 7.89. The molecule has 1 aromatic heterocycles. The van der Waals surface area contributed by atoms with Gasteiger partial charge in [-0.1, -0.05) is 30.3 Å². The van der Waals surface area contributed by atoms with Crippen molar-refractivity contribution in [1.82, 2.24) is 9.73 Å². The van der Waals surface area contributed by atoms with E-state index in [4.69, 9.17) is 4.42 Å². The fraction of sp³-hybridized carbons (Fsp3) is 0.182. The van der Waals surface area contributed by atoms with E-state index in [0.29, 0.717) is 5.76 Å². The van der Waals surface area contributed by atoms with Crippen LogP contribution in [0.1, 0.15) is 11.3 Å². The van der Waals surface area contributed by atoms with Gasteiger partial charge in [-0.05, 0) is 42.0 Å². The Morgan fingerprint density at radius 2 is 1.74 bits per heavy atom. The van der Waals surface area contributed by atoms with Crippen molar-refractivity contribution in [2.24, 2.45) is 5.10 Å². The van der Waals surface area contributed by atoms with Crippen LogP contribution in [0, 0.1) is 0 Å². The van der Waals surface area contributed by atoms with Gasteiger partial charge < -0.3 is 9.32 Å². The molecule has 0 radical (unpaired) electrons. The Labute approximate surface area is 181 Å². The fourth-order valence-electron chi connectivity index (χ4n) is 2.78. The molecule has 8 nitrogen and oxygen atoms in total. The Balaban J connectivity index is 1.69. The Hall–Kier alpha value is -3.43. The van der Waals surface area contributed by atoms with Gasteiger partial charge in [0.25, 0.3) is 5.91 Å². The third kappa shape index (κ3) is 6.03. The zero-order valence-electron chi connectivity index (χ0n) is 17.3. The number of anilines is 1. The third-order valence-corrected chi connectivity index (χ3v) is 6.23. The van der Waals surface area contributed by atoms with Crippen molar-refractivity contribution >= 4 is 27.8 Å². The van der Waals surface area contributed by atoms with E-state index < -0.39 is 22.5 Å². The molecule has 0 atom stereocenters. The van der Waals surface area contributed by atoms with E-state index >= 15 is 0 Å². The SMILES string of the molecule is CN(C)c1ccc(/C=N\NC(=O)CN(Cc2ccco2)S(=O)(=O)c2ccccc2)cc1. The predicted molar refractivity (Wildman–Crippen MR) is 119 cm³/mol. The monoisotopic (exact) mass is 440 g/mol. The Kier molecular flexibility index (Phi) is 7.22. The second-order valence-electron chi connectivity index (χ2n) is 6.94. The molecule has 0 aliphatic rings. The van der Waals surface area contributed by atoms with Crippen molar-refractivity contribution in [1.29, 1.82) is 0 Å². The minimum atomic E-state index is -3.91. The topological polar surface area (TPSA) is 95.2 Å². The first-order chi connectivity index (χ1) is 14.9. The summed E-state index contributed by atoms with van der Waals surface area (Å²) in [6.07, 6.45) is 2.95. The normalized spacial score (nSPS) is 11.7. The van der Waals surface area contributed by atoms with Crippen LogP contribution in [-0.2, 0) is 21.4 Å². The van der Waals surface area contributed by atoms with Crippen LogP contribution in [0.25, 0.3) is 0 Å². The average molecular weight is 441 g/mol. The van der Waals surface area contributed by atoms with Gasteiger partial charge in [0.1, 0.15) is 5.76 Å². The lowest BCUT2D eigenvalue weighted by Gasteiger charge is -2.20. The second kappa shape index (κ2) is 10.1. The van der Waals surface area contributed by atoms with Crippen LogP contribution in [0.2, 0.25) is 0 Å². The summed E-state index contributed by atoms with van der Waals surface area (Å²) in [7, 11) is -0.0149. The largest absolute Gasteiger partial charge is 0.468 e. The maximum absolute atomic E-state index is 13.0. The molecular formula is C22H24N4O4S. The molecule has 0 aliphatic carbocycles. The van der Waals surface area contributed by atoms with Gasteiger partial charge in [0, 0.05) is 19.8 Å². The molecule has 1 N–H and O–H groups in total. The minimum absolute atomic E-state index is 0.0760. The first-order valence-corrected chi connectivity index (χ1v) is 11.0. The molecule has 3 rings (SSSR count). The summed E-state index contributed by atoms with van der Waals surface area (Å²) < 4.78 is 32.4. The number of hydrogen-bond donors (Lipinski definition) is 1. The molecule has 2 aromatic carbocycles. The van der Waals surface area contributed by atoms with Crippen LogP contribution >= 0.6 is 0 Å². The van der Waals surface area contributed by atoms with Gasteiger partial charge in [0.05, 0.1) is 30.5 Å². The Bertz CT molecular complexity index is 1110. The molecule has 162 valence electrons. The molecule has 9 heteroatoms. The zero-order chi connectivity index (χ0) is 22.3. The van der Waals surface area contributed by atoms with E-state index in [9.17, 15) is 13.2 Å². The fourth-order valence-corrected chi connectivity index (χ4v) is 4.16. The highest BCUT2D eigenvalue weighted by Crippen LogP contribution is 2.18. The van der Waals surface area contributed by atoms with Crippen molar-refractivity contribution in [3.63, 3.8) is 0 Å². The molecule has 0 fully saturated rings. The van der Waals surface area contributed by atoms with Crippen molar-refractivity contribution in [3.05, 3.63) is 84.3 Å². The van der Waals surface area contributed by atoms with E-state index in [1.807, 2.05) is 43.3 Å². The van der Waals surface area contributed by atoms with Crippen molar-refractivity contribution in [2.45, 2.75) is 11.4 Å². The number of amides is 1. The first kappa shape index (κ1) is 22.3. The van der Waals surface area contributed by atoms with E-state index in [1.54, 1.807) is 30.3 Å². The molecule has 0 aliphatic heterocycles. The van der Waals surface area contributed by atoms with Crippen LogP contribution in [0.15, 0.2) is 87.4 Å². The van der Waals surface area contributed by atoms with E-state index in [1.165, 1.54) is 24.6 Å². The lowest BCUT2D eigenvalue weighted by Crippen LogP contribution is -2.38. The van der Waals surface area contributed by atoms with Crippen LogP contribution < -0.4 is 10.3 Å². The van der Waals surface area contributed by atoms with Gasteiger partial charge >= 0.3 is 0 Å². The van der Waals surface area contributed by atoms with E-state index in [2.05, 4.69) is 10.5 Å². The molecule has 0 unspecified atom stereocenters. The Morgan fingerprint density at radius 1 is 1.03 bits per heavy atom. The van der Waals surface area contributed by atoms with Gasteiger partial charge in [0.2, 0.25) is 10.0 Å². The standard InChI is InChI=1S/C22H24N4O4S/c1-25(2)19-12-10-18(11-13-19)15-23-24-22(27)17-26(16-20-7-6-14-30-20)31(28,29)21-8-4-3-5-9-21/h3-15H,16-17H2,1-2H3,(H,24,27)/b23-15-. The number of rotatable bonds is 9. The van der Waals surface area contributed by atoms with E-state index in [0.717, 1.165) is 15.6 Å². The van der Waals surface area contributed by atoms with Gasteiger partial charge in [-0.3, -0.25) is 4.79 Å². The quantitative estimate of drug-likeness (QED) is 0.408. The molecule has 0 bridgehead atoms. The summed E-state index contributed by atoms with van der Waals surface area (Å²) in [6, 6.07) is 18.9. The molecule has 3 aromatic rings. The maximum atomic E-state index is 13.0. The number of hydrazone groups is 1. The number of sulfonamides is 1. The number of carbonyl (C=O) groups is 1. The number of benzene rings is 2.